The van der Waals surface area contributed by atoms with Crippen LogP contribution >= 0.6 is 0 Å². The number of morpholine rings is 1. The van der Waals surface area contributed by atoms with Gasteiger partial charge in [-0.05, 0) is 39.2 Å². The number of aromatic nitrogens is 2. The van der Waals surface area contributed by atoms with E-state index in [1.165, 1.54) is 24.1 Å². The molecular weight excluding hydrogens is 264 g/mol. The van der Waals surface area contributed by atoms with Crippen molar-refractivity contribution >= 4 is 5.82 Å². The summed E-state index contributed by atoms with van der Waals surface area (Å²) in [4.78, 5) is 12.0. The van der Waals surface area contributed by atoms with Crippen molar-refractivity contribution in [2.45, 2.75) is 45.6 Å². The number of nitrogens with zero attached hydrogens (tertiary/aromatic N) is 3. The standard InChI is InChI=1S/C16H26N4O/c1-3-8-20-9-10-21-14(11-20)16-18-13-7-5-6-12(13)15(19-16)17-4-2/h14H,3-11H2,1-2H3,(H,17,18,19). The highest BCUT2D eigenvalue weighted by atomic mass is 16.5. The van der Waals surface area contributed by atoms with Gasteiger partial charge in [0.15, 0.2) is 5.82 Å². The number of aryl methyl sites for hydroxylation is 1. The molecule has 1 N–H and O–H groups in total. The number of hydrogen-bond acceptors (Lipinski definition) is 5. The van der Waals surface area contributed by atoms with E-state index in [-0.39, 0.29) is 6.10 Å². The zero-order valence-corrected chi connectivity index (χ0v) is 13.2. The monoisotopic (exact) mass is 290 g/mol. The number of ether oxygens (including phenoxy) is 1. The second-order valence-corrected chi connectivity index (χ2v) is 5.90. The van der Waals surface area contributed by atoms with E-state index >= 15 is 0 Å². The summed E-state index contributed by atoms with van der Waals surface area (Å²) in [5.41, 5.74) is 2.55. The molecule has 1 fully saturated rings. The van der Waals surface area contributed by atoms with Gasteiger partial charge in [-0.25, -0.2) is 9.97 Å². The Morgan fingerprint density at radius 1 is 1.29 bits per heavy atom. The number of rotatable bonds is 5. The Hall–Kier alpha value is -1.20. The predicted molar refractivity (Wildman–Crippen MR) is 83.6 cm³/mol. The number of nitrogens with one attached hydrogen (secondary N) is 1. The first kappa shape index (κ1) is 14.7. The van der Waals surface area contributed by atoms with Crippen molar-refractivity contribution in [3.63, 3.8) is 0 Å². The van der Waals surface area contributed by atoms with Crippen LogP contribution < -0.4 is 5.32 Å². The maximum Gasteiger partial charge on any atom is 0.161 e. The van der Waals surface area contributed by atoms with E-state index < -0.39 is 0 Å². The van der Waals surface area contributed by atoms with Gasteiger partial charge in [0.1, 0.15) is 11.9 Å². The van der Waals surface area contributed by atoms with Crippen LogP contribution in [0.1, 0.15) is 49.9 Å². The number of fused-ring (bicyclic) bond motifs is 1. The van der Waals surface area contributed by atoms with E-state index in [1.54, 1.807) is 0 Å². The van der Waals surface area contributed by atoms with Crippen LogP contribution in [0.3, 0.4) is 0 Å². The van der Waals surface area contributed by atoms with Crippen molar-refractivity contribution in [1.82, 2.24) is 14.9 Å². The van der Waals surface area contributed by atoms with Gasteiger partial charge in [0.05, 0.1) is 6.61 Å². The van der Waals surface area contributed by atoms with E-state index in [9.17, 15) is 0 Å². The van der Waals surface area contributed by atoms with E-state index in [4.69, 9.17) is 14.7 Å². The molecule has 116 valence electrons. The van der Waals surface area contributed by atoms with Gasteiger partial charge in [-0.2, -0.15) is 0 Å². The van der Waals surface area contributed by atoms with Crippen molar-refractivity contribution in [3.05, 3.63) is 17.1 Å². The molecule has 1 aromatic heterocycles. The minimum atomic E-state index is 0.0219. The van der Waals surface area contributed by atoms with E-state index in [2.05, 4.69) is 24.1 Å². The smallest absolute Gasteiger partial charge is 0.161 e. The fourth-order valence-corrected chi connectivity index (χ4v) is 3.29. The second-order valence-electron chi connectivity index (χ2n) is 5.90. The fraction of sp³-hybridized carbons (Fsp3) is 0.750. The Labute approximate surface area is 127 Å². The number of hydrogen-bond donors (Lipinski definition) is 1. The highest BCUT2D eigenvalue weighted by Crippen LogP contribution is 2.29. The molecule has 0 radical (unpaired) electrons. The molecule has 3 rings (SSSR count). The summed E-state index contributed by atoms with van der Waals surface area (Å²) in [5.74, 6) is 1.90. The number of anilines is 1. The average molecular weight is 290 g/mol. The maximum atomic E-state index is 5.94. The SMILES string of the molecule is CCCN1CCOC(c2nc3c(c(NCC)n2)CCC3)C1. The molecule has 0 amide bonds. The molecule has 0 spiro atoms. The Morgan fingerprint density at radius 3 is 3.00 bits per heavy atom. The van der Waals surface area contributed by atoms with E-state index in [1.807, 2.05) is 0 Å². The topological polar surface area (TPSA) is 50.3 Å². The molecular formula is C16H26N4O. The quantitative estimate of drug-likeness (QED) is 0.901. The summed E-state index contributed by atoms with van der Waals surface area (Å²) in [6, 6.07) is 0. The average Bonchev–Trinajstić information content (AvgIpc) is 2.97. The summed E-state index contributed by atoms with van der Waals surface area (Å²) in [7, 11) is 0. The molecule has 1 aromatic rings. The third-order valence-electron chi connectivity index (χ3n) is 4.27. The van der Waals surface area contributed by atoms with Crippen LogP contribution in [-0.4, -0.2) is 47.7 Å². The molecule has 0 bridgehead atoms. The van der Waals surface area contributed by atoms with E-state index in [0.717, 1.165) is 57.3 Å². The van der Waals surface area contributed by atoms with Gasteiger partial charge >= 0.3 is 0 Å². The summed E-state index contributed by atoms with van der Waals surface area (Å²) in [5, 5.41) is 3.40. The van der Waals surface area contributed by atoms with Crippen molar-refractivity contribution in [2.24, 2.45) is 0 Å². The lowest BCUT2D eigenvalue weighted by molar-refractivity contribution is -0.0342. The maximum absolute atomic E-state index is 5.94. The van der Waals surface area contributed by atoms with Crippen LogP contribution in [0, 0.1) is 0 Å². The summed E-state index contributed by atoms with van der Waals surface area (Å²) >= 11 is 0. The normalized spacial score (nSPS) is 22.3. The summed E-state index contributed by atoms with van der Waals surface area (Å²) in [6.07, 6.45) is 4.58. The molecule has 1 saturated heterocycles. The molecule has 0 aromatic carbocycles. The minimum absolute atomic E-state index is 0.0219. The first-order valence-electron chi connectivity index (χ1n) is 8.29. The summed E-state index contributed by atoms with van der Waals surface area (Å²) < 4.78 is 5.94. The largest absolute Gasteiger partial charge is 0.370 e. The van der Waals surface area contributed by atoms with Crippen LogP contribution in [-0.2, 0) is 17.6 Å². The van der Waals surface area contributed by atoms with Crippen LogP contribution in [0.15, 0.2) is 0 Å². The minimum Gasteiger partial charge on any atom is -0.370 e. The van der Waals surface area contributed by atoms with Gasteiger partial charge in [-0.3, -0.25) is 4.90 Å². The molecule has 1 atom stereocenters. The Balaban J connectivity index is 1.83. The first-order valence-corrected chi connectivity index (χ1v) is 8.29. The molecule has 2 heterocycles. The predicted octanol–water partition coefficient (Wildman–Crippen LogP) is 2.18. The Bertz CT molecular complexity index is 489. The lowest BCUT2D eigenvalue weighted by Crippen LogP contribution is -2.39. The van der Waals surface area contributed by atoms with Gasteiger partial charge < -0.3 is 10.1 Å². The van der Waals surface area contributed by atoms with Gasteiger partial charge in [0, 0.05) is 30.9 Å². The van der Waals surface area contributed by atoms with Crippen molar-refractivity contribution in [3.8, 4) is 0 Å². The van der Waals surface area contributed by atoms with Crippen molar-refractivity contribution in [1.29, 1.82) is 0 Å². The Kier molecular flexibility index (Phi) is 4.70. The lowest BCUT2D eigenvalue weighted by Gasteiger charge is -2.32. The van der Waals surface area contributed by atoms with Crippen LogP contribution in [0.25, 0.3) is 0 Å². The van der Waals surface area contributed by atoms with Crippen molar-refractivity contribution < 1.29 is 4.74 Å². The zero-order valence-electron chi connectivity index (χ0n) is 13.2. The van der Waals surface area contributed by atoms with Crippen LogP contribution in [0.2, 0.25) is 0 Å². The van der Waals surface area contributed by atoms with Gasteiger partial charge in [0.2, 0.25) is 0 Å². The van der Waals surface area contributed by atoms with Crippen molar-refractivity contribution in [2.75, 3.05) is 38.1 Å². The summed E-state index contributed by atoms with van der Waals surface area (Å²) in [6.45, 7) is 9.08. The third kappa shape index (κ3) is 3.19. The van der Waals surface area contributed by atoms with Gasteiger partial charge in [-0.15, -0.1) is 0 Å². The molecule has 5 heteroatoms. The van der Waals surface area contributed by atoms with E-state index in [0.29, 0.717) is 0 Å². The first-order chi connectivity index (χ1) is 10.3. The molecule has 1 aliphatic heterocycles. The van der Waals surface area contributed by atoms with Crippen LogP contribution in [0.5, 0.6) is 0 Å². The third-order valence-corrected chi connectivity index (χ3v) is 4.27. The zero-order chi connectivity index (χ0) is 14.7. The molecule has 0 saturated carbocycles. The van der Waals surface area contributed by atoms with Gasteiger partial charge in [0.25, 0.3) is 0 Å². The molecule has 2 aliphatic rings. The highest BCUT2D eigenvalue weighted by molar-refractivity contribution is 5.49. The lowest BCUT2D eigenvalue weighted by atomic mass is 10.2. The van der Waals surface area contributed by atoms with Crippen LogP contribution in [0.4, 0.5) is 5.82 Å². The fourth-order valence-electron chi connectivity index (χ4n) is 3.29. The second kappa shape index (κ2) is 6.71. The highest BCUT2D eigenvalue weighted by Gasteiger charge is 2.27. The van der Waals surface area contributed by atoms with Gasteiger partial charge in [-0.1, -0.05) is 6.92 Å². The molecule has 5 nitrogen and oxygen atoms in total. The Morgan fingerprint density at radius 2 is 2.19 bits per heavy atom. The molecule has 1 unspecified atom stereocenters. The molecule has 1 aliphatic carbocycles. The molecule has 21 heavy (non-hydrogen) atoms.